The molecule has 22 heavy (non-hydrogen) atoms. The SMILES string of the molecule is CN=C(NCCCC(C)C)N1CCN(c2ncccn2)CC1. The molecule has 0 radical (unpaired) electrons. The molecular weight excluding hydrogens is 276 g/mol. The van der Waals surface area contributed by atoms with Gasteiger partial charge >= 0.3 is 0 Å². The molecule has 0 aliphatic carbocycles. The van der Waals surface area contributed by atoms with Gasteiger partial charge in [-0.2, -0.15) is 0 Å². The largest absolute Gasteiger partial charge is 0.356 e. The average molecular weight is 304 g/mol. The van der Waals surface area contributed by atoms with Crippen LogP contribution in [0.15, 0.2) is 23.5 Å². The van der Waals surface area contributed by atoms with E-state index >= 15 is 0 Å². The minimum absolute atomic E-state index is 0.762. The number of rotatable bonds is 5. The standard InChI is InChI=1S/C16H28N6/c1-14(2)6-4-7-18-15(17-3)21-10-12-22(13-11-21)16-19-8-5-9-20-16/h5,8-9,14H,4,6-7,10-13H2,1-3H3,(H,17,18). The lowest BCUT2D eigenvalue weighted by Crippen LogP contribution is -2.53. The molecule has 1 saturated heterocycles. The van der Waals surface area contributed by atoms with E-state index in [1.165, 1.54) is 12.8 Å². The fourth-order valence-electron chi connectivity index (χ4n) is 2.62. The third-order valence-electron chi connectivity index (χ3n) is 3.87. The van der Waals surface area contributed by atoms with Gasteiger partial charge in [-0.05, 0) is 24.8 Å². The van der Waals surface area contributed by atoms with Crippen molar-refractivity contribution in [2.75, 3.05) is 44.7 Å². The quantitative estimate of drug-likeness (QED) is 0.509. The normalized spacial score (nSPS) is 16.3. The molecule has 0 spiro atoms. The fraction of sp³-hybridized carbons (Fsp3) is 0.688. The van der Waals surface area contributed by atoms with E-state index in [4.69, 9.17) is 0 Å². The summed E-state index contributed by atoms with van der Waals surface area (Å²) in [5, 5.41) is 3.48. The number of hydrogen-bond acceptors (Lipinski definition) is 4. The summed E-state index contributed by atoms with van der Waals surface area (Å²) < 4.78 is 0. The van der Waals surface area contributed by atoms with Crippen LogP contribution in [-0.4, -0.2) is 60.6 Å². The van der Waals surface area contributed by atoms with Gasteiger partial charge in [-0.25, -0.2) is 9.97 Å². The topological polar surface area (TPSA) is 56.7 Å². The van der Waals surface area contributed by atoms with Crippen LogP contribution in [-0.2, 0) is 0 Å². The van der Waals surface area contributed by atoms with Crippen molar-refractivity contribution in [2.45, 2.75) is 26.7 Å². The van der Waals surface area contributed by atoms with Gasteiger partial charge < -0.3 is 15.1 Å². The molecule has 0 atom stereocenters. The zero-order valence-electron chi connectivity index (χ0n) is 14.0. The summed E-state index contributed by atoms with van der Waals surface area (Å²) in [5.41, 5.74) is 0. The van der Waals surface area contributed by atoms with Gasteiger partial charge in [-0.1, -0.05) is 13.8 Å². The van der Waals surface area contributed by atoms with Crippen LogP contribution in [0, 0.1) is 5.92 Å². The molecule has 1 aliphatic rings. The van der Waals surface area contributed by atoms with E-state index in [9.17, 15) is 0 Å². The second-order valence-corrected chi connectivity index (χ2v) is 6.03. The van der Waals surface area contributed by atoms with Crippen molar-refractivity contribution < 1.29 is 0 Å². The minimum atomic E-state index is 0.762. The van der Waals surface area contributed by atoms with E-state index < -0.39 is 0 Å². The van der Waals surface area contributed by atoms with Crippen LogP contribution in [0.1, 0.15) is 26.7 Å². The Balaban J connectivity index is 1.77. The first-order chi connectivity index (χ1) is 10.7. The Morgan fingerprint density at radius 1 is 1.23 bits per heavy atom. The van der Waals surface area contributed by atoms with E-state index in [1.807, 2.05) is 13.1 Å². The number of guanidine groups is 1. The molecule has 1 aliphatic heterocycles. The Kier molecular flexibility index (Phi) is 6.43. The van der Waals surface area contributed by atoms with Gasteiger partial charge in [0.25, 0.3) is 0 Å². The number of aliphatic imine (C=N–C) groups is 1. The molecule has 1 aromatic heterocycles. The number of nitrogens with one attached hydrogen (secondary N) is 1. The van der Waals surface area contributed by atoms with Gasteiger partial charge in [0.1, 0.15) is 0 Å². The van der Waals surface area contributed by atoms with Crippen molar-refractivity contribution in [2.24, 2.45) is 10.9 Å². The lowest BCUT2D eigenvalue weighted by molar-refractivity contribution is 0.369. The molecule has 0 bridgehead atoms. The summed E-state index contributed by atoms with van der Waals surface area (Å²) in [5.74, 6) is 2.60. The predicted molar refractivity (Wildman–Crippen MR) is 91.3 cm³/mol. The number of nitrogens with zero attached hydrogens (tertiary/aromatic N) is 5. The molecule has 1 fully saturated rings. The highest BCUT2D eigenvalue weighted by molar-refractivity contribution is 5.80. The Hall–Kier alpha value is -1.85. The minimum Gasteiger partial charge on any atom is -0.356 e. The van der Waals surface area contributed by atoms with Crippen LogP contribution in [0.5, 0.6) is 0 Å². The third kappa shape index (κ3) is 4.86. The van der Waals surface area contributed by atoms with Gasteiger partial charge in [0.2, 0.25) is 5.95 Å². The Bertz CT molecular complexity index is 451. The number of hydrogen-bond donors (Lipinski definition) is 1. The van der Waals surface area contributed by atoms with Gasteiger partial charge in [-0.15, -0.1) is 0 Å². The van der Waals surface area contributed by atoms with Crippen LogP contribution in [0.25, 0.3) is 0 Å². The van der Waals surface area contributed by atoms with E-state index in [-0.39, 0.29) is 0 Å². The highest BCUT2D eigenvalue weighted by Gasteiger charge is 2.20. The average Bonchev–Trinajstić information content (AvgIpc) is 2.56. The first-order valence-electron chi connectivity index (χ1n) is 8.18. The second kappa shape index (κ2) is 8.56. The number of piperazine rings is 1. The molecule has 6 heteroatoms. The summed E-state index contributed by atoms with van der Waals surface area (Å²) in [6, 6.07) is 1.85. The zero-order chi connectivity index (χ0) is 15.8. The molecule has 122 valence electrons. The van der Waals surface area contributed by atoms with Crippen molar-refractivity contribution in [1.82, 2.24) is 20.2 Å². The maximum Gasteiger partial charge on any atom is 0.225 e. The van der Waals surface area contributed by atoms with Crippen LogP contribution >= 0.6 is 0 Å². The van der Waals surface area contributed by atoms with E-state index in [2.05, 4.69) is 43.9 Å². The summed E-state index contributed by atoms with van der Waals surface area (Å²) in [4.78, 5) is 17.6. The maximum absolute atomic E-state index is 4.41. The molecular formula is C16H28N6. The van der Waals surface area contributed by atoms with Gasteiger partial charge in [-0.3, -0.25) is 4.99 Å². The summed E-state index contributed by atoms with van der Waals surface area (Å²) in [6.45, 7) is 9.27. The number of anilines is 1. The molecule has 1 N–H and O–H groups in total. The summed E-state index contributed by atoms with van der Waals surface area (Å²) in [6.07, 6.45) is 6.03. The highest BCUT2D eigenvalue weighted by Crippen LogP contribution is 2.10. The molecule has 2 heterocycles. The van der Waals surface area contributed by atoms with Gasteiger partial charge in [0.05, 0.1) is 0 Å². The number of aromatic nitrogens is 2. The highest BCUT2D eigenvalue weighted by atomic mass is 15.4. The van der Waals surface area contributed by atoms with Gasteiger partial charge in [0.15, 0.2) is 5.96 Å². The first-order valence-corrected chi connectivity index (χ1v) is 8.18. The Labute approximate surface area is 133 Å². The van der Waals surface area contributed by atoms with Crippen LogP contribution in [0.3, 0.4) is 0 Å². The van der Waals surface area contributed by atoms with Crippen LogP contribution in [0.4, 0.5) is 5.95 Å². The van der Waals surface area contributed by atoms with Crippen molar-refractivity contribution in [3.8, 4) is 0 Å². The van der Waals surface area contributed by atoms with Crippen LogP contribution in [0.2, 0.25) is 0 Å². The van der Waals surface area contributed by atoms with Crippen molar-refractivity contribution >= 4 is 11.9 Å². The molecule has 0 saturated carbocycles. The lowest BCUT2D eigenvalue weighted by Gasteiger charge is -2.36. The molecule has 6 nitrogen and oxygen atoms in total. The monoisotopic (exact) mass is 304 g/mol. The molecule has 0 aromatic carbocycles. The Morgan fingerprint density at radius 2 is 1.91 bits per heavy atom. The van der Waals surface area contributed by atoms with E-state index in [0.29, 0.717) is 0 Å². The lowest BCUT2D eigenvalue weighted by atomic mass is 10.1. The van der Waals surface area contributed by atoms with Crippen molar-refractivity contribution in [1.29, 1.82) is 0 Å². The third-order valence-corrected chi connectivity index (χ3v) is 3.87. The fourth-order valence-corrected chi connectivity index (χ4v) is 2.62. The van der Waals surface area contributed by atoms with E-state index in [0.717, 1.165) is 50.5 Å². The smallest absolute Gasteiger partial charge is 0.225 e. The molecule has 2 rings (SSSR count). The molecule has 0 unspecified atom stereocenters. The first kappa shape index (κ1) is 16.5. The summed E-state index contributed by atoms with van der Waals surface area (Å²) in [7, 11) is 1.86. The second-order valence-electron chi connectivity index (χ2n) is 6.03. The zero-order valence-corrected chi connectivity index (χ0v) is 14.0. The molecule has 0 amide bonds. The Morgan fingerprint density at radius 3 is 2.50 bits per heavy atom. The van der Waals surface area contributed by atoms with E-state index in [1.54, 1.807) is 12.4 Å². The van der Waals surface area contributed by atoms with Crippen molar-refractivity contribution in [3.05, 3.63) is 18.5 Å². The van der Waals surface area contributed by atoms with Crippen LogP contribution < -0.4 is 10.2 Å². The van der Waals surface area contributed by atoms with Crippen molar-refractivity contribution in [3.63, 3.8) is 0 Å². The predicted octanol–water partition coefficient (Wildman–Crippen LogP) is 1.61. The maximum atomic E-state index is 4.41. The van der Waals surface area contributed by atoms with Gasteiger partial charge in [0, 0.05) is 52.2 Å². The molecule has 1 aromatic rings. The summed E-state index contributed by atoms with van der Waals surface area (Å²) >= 11 is 0.